The van der Waals surface area contributed by atoms with Crippen molar-refractivity contribution in [1.29, 1.82) is 0 Å². The molecule has 0 aliphatic carbocycles. The third-order valence-corrected chi connectivity index (χ3v) is 2.22. The van der Waals surface area contributed by atoms with Crippen LogP contribution in [-0.4, -0.2) is 49.7 Å². The van der Waals surface area contributed by atoms with E-state index in [1.165, 1.54) is 0 Å². The molecule has 0 N–H and O–H groups in total. The van der Waals surface area contributed by atoms with Gasteiger partial charge in [0.15, 0.2) is 0 Å². The van der Waals surface area contributed by atoms with E-state index in [1.807, 2.05) is 20.8 Å². The zero-order chi connectivity index (χ0) is 12.2. The number of rotatable bonds is 3. The Labute approximate surface area is 96.6 Å². The van der Waals surface area contributed by atoms with Crippen LogP contribution in [0.1, 0.15) is 27.2 Å². The largest absolute Gasteiger partial charge is 0.444 e. The SMILES string of the molecule is COCOC1CCN(C(=O)OC(C)(C)C)C1. The fourth-order valence-corrected chi connectivity index (χ4v) is 1.52. The second-order valence-corrected chi connectivity index (χ2v) is 4.91. The molecule has 5 nitrogen and oxygen atoms in total. The summed E-state index contributed by atoms with van der Waals surface area (Å²) >= 11 is 0. The Balaban J connectivity index is 2.32. The third kappa shape index (κ3) is 4.37. The zero-order valence-electron chi connectivity index (χ0n) is 10.5. The van der Waals surface area contributed by atoms with Crippen LogP contribution >= 0.6 is 0 Å². The Morgan fingerprint density at radius 1 is 1.44 bits per heavy atom. The molecule has 5 heteroatoms. The van der Waals surface area contributed by atoms with Crippen LogP contribution in [0.3, 0.4) is 0 Å². The van der Waals surface area contributed by atoms with Gasteiger partial charge in [-0.2, -0.15) is 0 Å². The van der Waals surface area contributed by atoms with Crippen LogP contribution < -0.4 is 0 Å². The van der Waals surface area contributed by atoms with Gasteiger partial charge in [0.1, 0.15) is 12.4 Å². The van der Waals surface area contributed by atoms with Gasteiger partial charge in [-0.3, -0.25) is 0 Å². The highest BCUT2D eigenvalue weighted by Gasteiger charge is 2.30. The van der Waals surface area contributed by atoms with E-state index in [1.54, 1.807) is 12.0 Å². The molecule has 16 heavy (non-hydrogen) atoms. The molecule has 0 aromatic heterocycles. The topological polar surface area (TPSA) is 48.0 Å². The Morgan fingerprint density at radius 3 is 2.69 bits per heavy atom. The quantitative estimate of drug-likeness (QED) is 0.692. The summed E-state index contributed by atoms with van der Waals surface area (Å²) in [6, 6.07) is 0. The normalized spacial score (nSPS) is 21.2. The predicted octanol–water partition coefficient (Wildman–Crippen LogP) is 1.62. The lowest BCUT2D eigenvalue weighted by atomic mass is 10.2. The van der Waals surface area contributed by atoms with E-state index in [9.17, 15) is 4.79 Å². The number of carbonyl (C=O) groups is 1. The van der Waals surface area contributed by atoms with Crippen LogP contribution in [0, 0.1) is 0 Å². The first-order valence-corrected chi connectivity index (χ1v) is 5.51. The highest BCUT2D eigenvalue weighted by molar-refractivity contribution is 5.68. The lowest BCUT2D eigenvalue weighted by molar-refractivity contribution is -0.0675. The predicted molar refractivity (Wildman–Crippen MR) is 59.2 cm³/mol. The van der Waals surface area contributed by atoms with Gasteiger partial charge in [-0.05, 0) is 27.2 Å². The van der Waals surface area contributed by atoms with E-state index in [0.717, 1.165) is 6.42 Å². The lowest BCUT2D eigenvalue weighted by Gasteiger charge is -2.24. The average molecular weight is 231 g/mol. The maximum Gasteiger partial charge on any atom is 0.410 e. The summed E-state index contributed by atoms with van der Waals surface area (Å²) in [5, 5.41) is 0. The molecule has 1 heterocycles. The van der Waals surface area contributed by atoms with Crippen molar-refractivity contribution in [3.63, 3.8) is 0 Å². The molecule has 0 radical (unpaired) electrons. The van der Waals surface area contributed by atoms with Crippen molar-refractivity contribution in [2.45, 2.75) is 38.9 Å². The molecule has 0 aromatic carbocycles. The molecule has 1 unspecified atom stereocenters. The van der Waals surface area contributed by atoms with Gasteiger partial charge in [0, 0.05) is 13.7 Å². The zero-order valence-corrected chi connectivity index (χ0v) is 10.5. The molecule has 1 rings (SSSR count). The molecule has 1 aliphatic heterocycles. The number of hydrogen-bond donors (Lipinski definition) is 0. The van der Waals surface area contributed by atoms with Gasteiger partial charge in [-0.1, -0.05) is 0 Å². The Morgan fingerprint density at radius 2 is 2.12 bits per heavy atom. The molecule has 1 amide bonds. The second kappa shape index (κ2) is 5.50. The van der Waals surface area contributed by atoms with E-state index in [0.29, 0.717) is 13.1 Å². The Hall–Kier alpha value is -0.810. The van der Waals surface area contributed by atoms with Crippen LogP contribution in [0.4, 0.5) is 4.79 Å². The van der Waals surface area contributed by atoms with Crippen LogP contribution in [-0.2, 0) is 14.2 Å². The van der Waals surface area contributed by atoms with Crippen molar-refractivity contribution in [1.82, 2.24) is 4.90 Å². The van der Waals surface area contributed by atoms with Crippen molar-refractivity contribution in [3.8, 4) is 0 Å². The standard InChI is InChI=1S/C11H21NO4/c1-11(2,3)16-10(13)12-6-5-9(7-12)15-8-14-4/h9H,5-8H2,1-4H3. The number of ether oxygens (including phenoxy) is 3. The molecule has 1 atom stereocenters. The van der Waals surface area contributed by atoms with Crippen molar-refractivity contribution in [2.75, 3.05) is 27.0 Å². The molecule has 0 aromatic rings. The minimum absolute atomic E-state index is 0.0625. The maximum absolute atomic E-state index is 11.7. The number of nitrogens with zero attached hydrogens (tertiary/aromatic N) is 1. The van der Waals surface area contributed by atoms with Crippen molar-refractivity contribution in [3.05, 3.63) is 0 Å². The average Bonchev–Trinajstić information content (AvgIpc) is 2.60. The summed E-state index contributed by atoms with van der Waals surface area (Å²) in [6.07, 6.45) is 0.631. The van der Waals surface area contributed by atoms with Crippen LogP contribution in [0.5, 0.6) is 0 Å². The van der Waals surface area contributed by atoms with E-state index >= 15 is 0 Å². The van der Waals surface area contributed by atoms with Crippen LogP contribution in [0.15, 0.2) is 0 Å². The van der Waals surface area contributed by atoms with Gasteiger partial charge in [-0.15, -0.1) is 0 Å². The van der Waals surface area contributed by atoms with Gasteiger partial charge in [0.25, 0.3) is 0 Å². The first-order valence-electron chi connectivity index (χ1n) is 5.51. The molecule has 0 bridgehead atoms. The van der Waals surface area contributed by atoms with Crippen molar-refractivity contribution >= 4 is 6.09 Å². The summed E-state index contributed by atoms with van der Waals surface area (Å²) in [5.74, 6) is 0. The maximum atomic E-state index is 11.7. The monoisotopic (exact) mass is 231 g/mol. The molecule has 1 fully saturated rings. The number of likely N-dealkylation sites (tertiary alicyclic amines) is 1. The van der Waals surface area contributed by atoms with Gasteiger partial charge < -0.3 is 19.1 Å². The van der Waals surface area contributed by atoms with E-state index in [2.05, 4.69) is 0 Å². The number of methoxy groups -OCH3 is 1. The molecule has 0 spiro atoms. The summed E-state index contributed by atoms with van der Waals surface area (Å²) in [4.78, 5) is 13.4. The number of amides is 1. The molecular weight excluding hydrogens is 210 g/mol. The van der Waals surface area contributed by atoms with Gasteiger partial charge >= 0.3 is 6.09 Å². The molecule has 1 aliphatic rings. The summed E-state index contributed by atoms with van der Waals surface area (Å²) in [7, 11) is 1.58. The smallest absolute Gasteiger partial charge is 0.410 e. The van der Waals surface area contributed by atoms with Crippen molar-refractivity contribution in [2.24, 2.45) is 0 Å². The molecule has 1 saturated heterocycles. The summed E-state index contributed by atoms with van der Waals surface area (Å²) in [6.45, 7) is 7.12. The highest BCUT2D eigenvalue weighted by atomic mass is 16.7. The summed E-state index contributed by atoms with van der Waals surface area (Å²) in [5.41, 5.74) is -0.442. The van der Waals surface area contributed by atoms with Gasteiger partial charge in [0.2, 0.25) is 0 Å². The van der Waals surface area contributed by atoms with Crippen molar-refractivity contribution < 1.29 is 19.0 Å². The minimum Gasteiger partial charge on any atom is -0.444 e. The Kier molecular flexibility index (Phi) is 4.56. The number of carbonyl (C=O) groups excluding carboxylic acids is 1. The van der Waals surface area contributed by atoms with Gasteiger partial charge in [0.05, 0.1) is 12.6 Å². The van der Waals surface area contributed by atoms with Crippen LogP contribution in [0.25, 0.3) is 0 Å². The fraction of sp³-hybridized carbons (Fsp3) is 0.909. The first kappa shape index (κ1) is 13.3. The fourth-order valence-electron chi connectivity index (χ4n) is 1.52. The van der Waals surface area contributed by atoms with E-state index < -0.39 is 5.60 Å². The first-order chi connectivity index (χ1) is 7.42. The van der Waals surface area contributed by atoms with Crippen LogP contribution in [0.2, 0.25) is 0 Å². The molecule has 0 saturated carbocycles. The van der Waals surface area contributed by atoms with E-state index in [4.69, 9.17) is 14.2 Å². The van der Waals surface area contributed by atoms with Gasteiger partial charge in [-0.25, -0.2) is 4.79 Å². The minimum atomic E-state index is -0.442. The Bertz CT molecular complexity index is 237. The molecular formula is C11H21NO4. The number of hydrogen-bond acceptors (Lipinski definition) is 4. The second-order valence-electron chi connectivity index (χ2n) is 4.91. The third-order valence-electron chi connectivity index (χ3n) is 2.22. The summed E-state index contributed by atoms with van der Waals surface area (Å²) < 4.78 is 15.5. The molecule has 94 valence electrons. The highest BCUT2D eigenvalue weighted by Crippen LogP contribution is 2.16. The van der Waals surface area contributed by atoms with E-state index in [-0.39, 0.29) is 19.0 Å². The lowest BCUT2D eigenvalue weighted by Crippen LogP contribution is -2.36.